The summed E-state index contributed by atoms with van der Waals surface area (Å²) in [6.07, 6.45) is 5.42. The molecular formula is C24H34Cl2N2O3. The van der Waals surface area contributed by atoms with Gasteiger partial charge in [0.05, 0.1) is 6.10 Å². The summed E-state index contributed by atoms with van der Waals surface area (Å²) in [7, 11) is 0. The van der Waals surface area contributed by atoms with E-state index in [-0.39, 0.29) is 36.2 Å². The molecule has 2 aromatic rings. The predicted octanol–water partition coefficient (Wildman–Crippen LogP) is 3.97. The molecule has 0 aliphatic carbocycles. The molecule has 0 radical (unpaired) electrons. The van der Waals surface area contributed by atoms with E-state index in [1.165, 1.54) is 18.4 Å². The maximum Gasteiger partial charge on any atom is 0.224 e. The highest BCUT2D eigenvalue weighted by atomic mass is 35.5. The van der Waals surface area contributed by atoms with Crippen LogP contribution in [0, 0.1) is 5.92 Å². The largest absolute Gasteiger partial charge is 0.412 e. The van der Waals surface area contributed by atoms with Crippen LogP contribution in [0.4, 0.5) is 5.69 Å². The van der Waals surface area contributed by atoms with Gasteiger partial charge in [-0.05, 0) is 67.3 Å². The average Bonchev–Trinajstić information content (AvgIpc) is 2.89. The fourth-order valence-electron chi connectivity index (χ4n) is 4.58. The zero-order valence-electron chi connectivity index (χ0n) is 17.8. The Morgan fingerprint density at radius 2 is 1.84 bits per heavy atom. The second kappa shape index (κ2) is 13.0. The van der Waals surface area contributed by atoms with E-state index in [9.17, 15) is 9.90 Å². The fourth-order valence-corrected chi connectivity index (χ4v) is 4.58. The minimum atomic E-state index is -0.486. The molecule has 1 amide bonds. The molecule has 2 atom stereocenters. The quantitative estimate of drug-likeness (QED) is 0.695. The number of carbonyl (C=O) groups excluding carboxylic acids is 1. The number of likely N-dealkylation sites (tertiary alicyclic amines) is 1. The van der Waals surface area contributed by atoms with Gasteiger partial charge >= 0.3 is 0 Å². The summed E-state index contributed by atoms with van der Waals surface area (Å²) in [5.41, 5.74) is 4.41. The van der Waals surface area contributed by atoms with E-state index in [1.54, 1.807) is 0 Å². The number of hydrogen-bond acceptors (Lipinski definition) is 3. The summed E-state index contributed by atoms with van der Waals surface area (Å²) in [5.74, 6) is 0.746. The third kappa shape index (κ3) is 7.48. The minimum Gasteiger partial charge on any atom is -0.412 e. The van der Waals surface area contributed by atoms with E-state index < -0.39 is 6.10 Å². The van der Waals surface area contributed by atoms with Crippen molar-refractivity contribution < 1.29 is 15.4 Å². The number of hydrogen-bond donors (Lipinski definition) is 2. The summed E-state index contributed by atoms with van der Waals surface area (Å²) in [5, 5.41) is 13.8. The summed E-state index contributed by atoms with van der Waals surface area (Å²) >= 11 is 0. The maximum absolute atomic E-state index is 11.7. The van der Waals surface area contributed by atoms with Gasteiger partial charge in [-0.3, -0.25) is 4.79 Å². The van der Waals surface area contributed by atoms with Crippen molar-refractivity contribution in [3.63, 3.8) is 0 Å². The molecule has 2 heterocycles. The van der Waals surface area contributed by atoms with Gasteiger partial charge in [-0.15, -0.1) is 24.8 Å². The Bertz CT molecular complexity index is 820. The van der Waals surface area contributed by atoms with Gasteiger partial charge < -0.3 is 20.8 Å². The average molecular weight is 469 g/mol. The van der Waals surface area contributed by atoms with Crippen molar-refractivity contribution in [2.75, 3.05) is 25.0 Å². The summed E-state index contributed by atoms with van der Waals surface area (Å²) < 4.78 is 0. The lowest BCUT2D eigenvalue weighted by atomic mass is 9.91. The Hall–Kier alpha value is -1.63. The first-order valence-electron chi connectivity index (χ1n) is 10.5. The van der Waals surface area contributed by atoms with Crippen LogP contribution in [0.1, 0.15) is 48.5 Å². The first-order chi connectivity index (χ1) is 13.7. The second-order valence-corrected chi connectivity index (χ2v) is 8.29. The van der Waals surface area contributed by atoms with Crippen molar-refractivity contribution in [3.05, 3.63) is 65.2 Å². The number of nitrogens with zero attached hydrogens (tertiary/aromatic N) is 1. The lowest BCUT2D eigenvalue weighted by Gasteiger charge is -2.34. The van der Waals surface area contributed by atoms with Gasteiger partial charge in [0.1, 0.15) is 0 Å². The van der Waals surface area contributed by atoms with E-state index in [2.05, 4.69) is 46.6 Å². The van der Waals surface area contributed by atoms with Gasteiger partial charge in [0.25, 0.3) is 0 Å². The number of aryl methyl sites for hydroxylation is 1. The number of anilines is 1. The lowest BCUT2D eigenvalue weighted by Crippen LogP contribution is -2.38. The molecule has 31 heavy (non-hydrogen) atoms. The molecule has 1 fully saturated rings. The first-order valence-corrected chi connectivity index (χ1v) is 10.5. The molecule has 0 saturated carbocycles. The number of carbonyl (C=O) groups is 1. The molecule has 0 bridgehead atoms. The van der Waals surface area contributed by atoms with Crippen molar-refractivity contribution in [3.8, 4) is 0 Å². The van der Waals surface area contributed by atoms with Gasteiger partial charge in [-0.2, -0.15) is 0 Å². The number of aliphatic hydroxyl groups excluding tert-OH is 1. The van der Waals surface area contributed by atoms with Crippen molar-refractivity contribution in [2.45, 2.75) is 44.6 Å². The Balaban J connectivity index is 0.00000160. The molecule has 0 spiro atoms. The predicted molar refractivity (Wildman–Crippen MR) is 130 cm³/mol. The third-order valence-electron chi connectivity index (χ3n) is 6.04. The molecule has 2 aromatic carbocycles. The van der Waals surface area contributed by atoms with Gasteiger partial charge in [0.15, 0.2) is 0 Å². The number of amides is 1. The van der Waals surface area contributed by atoms with Crippen LogP contribution < -0.4 is 5.32 Å². The first kappa shape index (κ1) is 27.4. The maximum atomic E-state index is 11.7. The summed E-state index contributed by atoms with van der Waals surface area (Å²) in [6, 6.07) is 16.7. The van der Waals surface area contributed by atoms with Gasteiger partial charge in [0, 0.05) is 25.2 Å². The summed E-state index contributed by atoms with van der Waals surface area (Å²) in [4.78, 5) is 14.1. The zero-order chi connectivity index (χ0) is 19.3. The SMILES string of the molecule is Cl.Cl.O.O=C1CCCc2cc(C(O)CN3CCC[C@H](Cc4ccccc4)C3)ccc2N1. The van der Waals surface area contributed by atoms with Crippen LogP contribution >= 0.6 is 24.8 Å². The molecule has 7 heteroatoms. The van der Waals surface area contributed by atoms with Crippen molar-refractivity contribution >= 4 is 36.4 Å². The molecule has 0 aromatic heterocycles. The van der Waals surface area contributed by atoms with E-state index in [0.29, 0.717) is 18.9 Å². The Labute approximate surface area is 197 Å². The molecule has 2 aliphatic heterocycles. The standard InChI is InChI=1S/C24H30N2O2.2ClH.H2O/c27-23(21-11-12-22-20(15-21)9-4-10-24(28)25-22)17-26-13-5-8-19(16-26)14-18-6-2-1-3-7-18;;;/h1-3,6-7,11-12,15,19,23,27H,4-5,8-10,13-14,16-17H2,(H,25,28);2*1H;1H2/t19-,23?;;;/m1.../s1. The number of fused-ring (bicyclic) bond motifs is 1. The van der Waals surface area contributed by atoms with Crippen LogP contribution in [-0.2, 0) is 17.6 Å². The number of benzene rings is 2. The highest BCUT2D eigenvalue weighted by Gasteiger charge is 2.23. The normalized spacial score (nSPS) is 19.4. The molecule has 4 rings (SSSR count). The molecule has 2 aliphatic rings. The number of nitrogens with one attached hydrogen (secondary N) is 1. The lowest BCUT2D eigenvalue weighted by molar-refractivity contribution is -0.116. The molecule has 5 nitrogen and oxygen atoms in total. The van der Waals surface area contributed by atoms with E-state index in [0.717, 1.165) is 49.2 Å². The third-order valence-corrected chi connectivity index (χ3v) is 6.04. The smallest absolute Gasteiger partial charge is 0.224 e. The van der Waals surface area contributed by atoms with Gasteiger partial charge in [-0.1, -0.05) is 42.5 Å². The molecule has 1 saturated heterocycles. The van der Waals surface area contributed by atoms with Gasteiger partial charge in [0.2, 0.25) is 5.91 Å². The Kier molecular flexibility index (Phi) is 11.5. The number of rotatable bonds is 5. The van der Waals surface area contributed by atoms with Crippen LogP contribution in [0.5, 0.6) is 0 Å². The molecular weight excluding hydrogens is 435 g/mol. The van der Waals surface area contributed by atoms with Crippen LogP contribution in [0.3, 0.4) is 0 Å². The highest BCUT2D eigenvalue weighted by molar-refractivity contribution is 5.92. The topological polar surface area (TPSA) is 84.1 Å². The van der Waals surface area contributed by atoms with E-state index in [4.69, 9.17) is 0 Å². The number of aliphatic hydroxyl groups is 1. The second-order valence-electron chi connectivity index (χ2n) is 8.29. The number of halogens is 2. The van der Waals surface area contributed by atoms with Gasteiger partial charge in [-0.25, -0.2) is 0 Å². The van der Waals surface area contributed by atoms with Crippen LogP contribution in [0.15, 0.2) is 48.5 Å². The monoisotopic (exact) mass is 468 g/mol. The van der Waals surface area contributed by atoms with E-state index >= 15 is 0 Å². The van der Waals surface area contributed by atoms with Crippen LogP contribution in [0.2, 0.25) is 0 Å². The van der Waals surface area contributed by atoms with Crippen molar-refractivity contribution in [2.24, 2.45) is 5.92 Å². The van der Waals surface area contributed by atoms with Crippen molar-refractivity contribution in [1.29, 1.82) is 0 Å². The van der Waals surface area contributed by atoms with Crippen LogP contribution in [0.25, 0.3) is 0 Å². The summed E-state index contributed by atoms with van der Waals surface area (Å²) in [6.45, 7) is 2.78. The van der Waals surface area contributed by atoms with Crippen LogP contribution in [-0.4, -0.2) is 41.0 Å². The van der Waals surface area contributed by atoms with E-state index in [1.807, 2.05) is 12.1 Å². The Morgan fingerprint density at radius 3 is 2.61 bits per heavy atom. The number of piperidine rings is 1. The molecule has 172 valence electrons. The fraction of sp³-hybridized carbons (Fsp3) is 0.458. The molecule has 1 unspecified atom stereocenters. The molecule has 4 N–H and O–H groups in total. The van der Waals surface area contributed by atoms with Crippen molar-refractivity contribution in [1.82, 2.24) is 4.90 Å². The highest BCUT2D eigenvalue weighted by Crippen LogP contribution is 2.28. The number of β-amino-alcohol motifs (C(OH)–C–C–N with tert-alkyl or cyclic N) is 1. The zero-order valence-corrected chi connectivity index (χ0v) is 19.4. The minimum absolute atomic E-state index is 0. The Morgan fingerprint density at radius 1 is 1.06 bits per heavy atom.